The van der Waals surface area contributed by atoms with Crippen LogP contribution in [0, 0.1) is 0 Å². The zero-order valence-corrected chi connectivity index (χ0v) is 10.1. The van der Waals surface area contributed by atoms with Crippen molar-refractivity contribution in [2.45, 2.75) is 60.2 Å². The van der Waals surface area contributed by atoms with E-state index < -0.39 is 0 Å². The van der Waals surface area contributed by atoms with Gasteiger partial charge in [-0.05, 0) is 0 Å². The molecule has 0 spiro atoms. The standard InChI is InChI=1S/C10H20I/c1-10(2,3)11-9-7-5-4-6-8-9/h9H,4-8H2,1-3H3/q-1. The Morgan fingerprint density at radius 3 is 2.00 bits per heavy atom. The minimum absolute atomic E-state index is 0.460. The topological polar surface area (TPSA) is 0 Å². The second-order valence-corrected chi connectivity index (χ2v) is 10.0. The van der Waals surface area contributed by atoms with Gasteiger partial charge in [0.05, 0.1) is 0 Å². The predicted octanol–water partition coefficient (Wildman–Crippen LogP) is 0.207. The Bertz CT molecular complexity index is 107. The summed E-state index contributed by atoms with van der Waals surface area (Å²) >= 11 is 0.460. The molecule has 11 heavy (non-hydrogen) atoms. The second kappa shape index (κ2) is 4.11. The van der Waals surface area contributed by atoms with Crippen LogP contribution in [0.5, 0.6) is 0 Å². The normalized spacial score (nSPS) is 22.5. The Balaban J connectivity index is 2.24. The molecule has 0 nitrogen and oxygen atoms in total. The zero-order valence-electron chi connectivity index (χ0n) is 7.99. The van der Waals surface area contributed by atoms with E-state index in [1.54, 1.807) is 12.8 Å². The fourth-order valence-corrected chi connectivity index (χ4v) is 5.77. The van der Waals surface area contributed by atoms with Crippen LogP contribution in [0.2, 0.25) is 0 Å². The van der Waals surface area contributed by atoms with Crippen molar-refractivity contribution in [2.24, 2.45) is 0 Å². The number of rotatable bonds is 1. The van der Waals surface area contributed by atoms with Crippen LogP contribution in [-0.2, 0) is 0 Å². The molecule has 1 aliphatic carbocycles. The molecule has 0 bridgehead atoms. The van der Waals surface area contributed by atoms with Crippen molar-refractivity contribution in [3.8, 4) is 0 Å². The molecule has 0 unspecified atom stereocenters. The maximum absolute atomic E-state index is 2.41. The Morgan fingerprint density at radius 1 is 1.00 bits per heavy atom. The molecule has 0 aromatic carbocycles. The van der Waals surface area contributed by atoms with Crippen LogP contribution < -0.4 is 21.2 Å². The van der Waals surface area contributed by atoms with Gasteiger partial charge in [0.1, 0.15) is 0 Å². The van der Waals surface area contributed by atoms with Gasteiger partial charge >= 0.3 is 81.4 Å². The van der Waals surface area contributed by atoms with Gasteiger partial charge < -0.3 is 0 Å². The van der Waals surface area contributed by atoms with Crippen LogP contribution in [0.4, 0.5) is 0 Å². The fraction of sp³-hybridized carbons (Fsp3) is 1.00. The molecular weight excluding hydrogens is 247 g/mol. The SMILES string of the molecule is CC(C)(C)[I-]C1CCCCC1. The average molecular weight is 267 g/mol. The maximum atomic E-state index is 2.41. The second-order valence-electron chi connectivity index (χ2n) is 4.41. The average Bonchev–Trinajstić information content (AvgIpc) is 1.85. The fourth-order valence-electron chi connectivity index (χ4n) is 1.62. The number of hydrogen-bond donors (Lipinski definition) is 0. The number of alkyl halides is 2. The van der Waals surface area contributed by atoms with Gasteiger partial charge in [-0.3, -0.25) is 0 Å². The van der Waals surface area contributed by atoms with Crippen LogP contribution in [0.1, 0.15) is 52.9 Å². The summed E-state index contributed by atoms with van der Waals surface area (Å²) in [5.41, 5.74) is 0. The third-order valence-electron chi connectivity index (χ3n) is 2.02. The number of hydrogen-bond acceptors (Lipinski definition) is 0. The summed E-state index contributed by atoms with van der Waals surface area (Å²) in [6, 6.07) is 0. The molecule has 1 rings (SSSR count). The van der Waals surface area contributed by atoms with E-state index in [4.69, 9.17) is 0 Å². The summed E-state index contributed by atoms with van der Waals surface area (Å²) in [6.45, 7) is 7.23. The minimum atomic E-state index is 0.460. The van der Waals surface area contributed by atoms with E-state index in [-0.39, 0.29) is 0 Å². The van der Waals surface area contributed by atoms with Crippen molar-refractivity contribution in [3.63, 3.8) is 0 Å². The van der Waals surface area contributed by atoms with E-state index in [0.29, 0.717) is 24.6 Å². The molecule has 0 saturated heterocycles. The monoisotopic (exact) mass is 267 g/mol. The molecule has 1 heteroatoms. The van der Waals surface area contributed by atoms with Crippen molar-refractivity contribution in [3.05, 3.63) is 0 Å². The van der Waals surface area contributed by atoms with E-state index in [2.05, 4.69) is 20.8 Å². The summed E-state index contributed by atoms with van der Waals surface area (Å²) in [6.07, 6.45) is 7.63. The summed E-state index contributed by atoms with van der Waals surface area (Å²) in [4.78, 5) is 0. The van der Waals surface area contributed by atoms with E-state index in [1.807, 2.05) is 0 Å². The van der Waals surface area contributed by atoms with Crippen molar-refractivity contribution in [2.75, 3.05) is 0 Å². The van der Waals surface area contributed by atoms with Crippen LogP contribution in [0.3, 0.4) is 0 Å². The van der Waals surface area contributed by atoms with Gasteiger partial charge in [-0.1, -0.05) is 0 Å². The van der Waals surface area contributed by atoms with E-state index >= 15 is 0 Å². The summed E-state index contributed by atoms with van der Waals surface area (Å²) < 4.78 is 1.82. The zero-order chi connectivity index (χ0) is 8.32. The Labute approximate surface area is 81.4 Å². The summed E-state index contributed by atoms with van der Waals surface area (Å²) in [7, 11) is 0. The van der Waals surface area contributed by atoms with E-state index in [1.165, 1.54) is 19.3 Å². The van der Waals surface area contributed by atoms with Gasteiger partial charge in [0.25, 0.3) is 0 Å². The molecule has 0 atom stereocenters. The number of halogens is 1. The third kappa shape index (κ3) is 4.34. The summed E-state index contributed by atoms with van der Waals surface area (Å²) in [5, 5.41) is 0. The molecule has 1 saturated carbocycles. The molecule has 68 valence electrons. The Hall–Kier alpha value is 0.730. The van der Waals surface area contributed by atoms with Gasteiger partial charge in [0.15, 0.2) is 0 Å². The molecular formula is C10H20I-. The molecule has 1 aliphatic rings. The predicted molar refractivity (Wildman–Crippen MR) is 46.6 cm³/mol. The molecule has 0 heterocycles. The molecule has 0 aromatic rings. The first kappa shape index (κ1) is 9.82. The van der Waals surface area contributed by atoms with Gasteiger partial charge in [0.2, 0.25) is 0 Å². The molecule has 0 aromatic heterocycles. The van der Waals surface area contributed by atoms with Gasteiger partial charge in [-0.15, -0.1) is 0 Å². The van der Waals surface area contributed by atoms with Crippen LogP contribution in [0.15, 0.2) is 0 Å². The molecule has 0 radical (unpaired) electrons. The van der Waals surface area contributed by atoms with Crippen molar-refractivity contribution < 1.29 is 21.2 Å². The Kier molecular flexibility index (Phi) is 3.66. The molecule has 1 fully saturated rings. The Morgan fingerprint density at radius 2 is 1.55 bits per heavy atom. The first-order valence-electron chi connectivity index (χ1n) is 4.72. The first-order valence-corrected chi connectivity index (χ1v) is 7.05. The van der Waals surface area contributed by atoms with Crippen LogP contribution >= 0.6 is 0 Å². The first-order chi connectivity index (χ1) is 5.08. The van der Waals surface area contributed by atoms with Crippen molar-refractivity contribution >= 4 is 0 Å². The van der Waals surface area contributed by atoms with Crippen LogP contribution in [0.25, 0.3) is 0 Å². The van der Waals surface area contributed by atoms with Gasteiger partial charge in [-0.25, -0.2) is 0 Å². The quantitative estimate of drug-likeness (QED) is 0.470. The van der Waals surface area contributed by atoms with Crippen LogP contribution in [-0.4, -0.2) is 7.35 Å². The van der Waals surface area contributed by atoms with E-state index in [0.717, 1.165) is 3.92 Å². The van der Waals surface area contributed by atoms with Gasteiger partial charge in [-0.2, -0.15) is 0 Å². The van der Waals surface area contributed by atoms with Crippen molar-refractivity contribution in [1.82, 2.24) is 0 Å². The van der Waals surface area contributed by atoms with E-state index in [9.17, 15) is 0 Å². The van der Waals surface area contributed by atoms with Crippen molar-refractivity contribution in [1.29, 1.82) is 0 Å². The third-order valence-corrected chi connectivity index (χ3v) is 6.01. The molecule has 0 aliphatic heterocycles. The molecule has 0 N–H and O–H groups in total. The van der Waals surface area contributed by atoms with Gasteiger partial charge in [0, 0.05) is 0 Å². The molecule has 0 amide bonds. The summed E-state index contributed by atoms with van der Waals surface area (Å²) in [5.74, 6) is 0.